The van der Waals surface area contributed by atoms with Crippen molar-refractivity contribution < 1.29 is 14.7 Å². The van der Waals surface area contributed by atoms with E-state index in [2.05, 4.69) is 10.7 Å². The lowest BCUT2D eigenvalue weighted by Crippen LogP contribution is -2.46. The summed E-state index contributed by atoms with van der Waals surface area (Å²) in [5.41, 5.74) is 4.04. The van der Waals surface area contributed by atoms with E-state index in [1.54, 1.807) is 19.1 Å². The minimum atomic E-state index is -0.998. The predicted molar refractivity (Wildman–Crippen MR) is 75.7 cm³/mol. The van der Waals surface area contributed by atoms with Gasteiger partial charge in [-0.2, -0.15) is 0 Å². The molecule has 1 heterocycles. The van der Waals surface area contributed by atoms with Crippen LogP contribution in [0.25, 0.3) is 0 Å². The zero-order chi connectivity index (χ0) is 14.5. The van der Waals surface area contributed by atoms with Crippen LogP contribution in [0.3, 0.4) is 0 Å². The van der Waals surface area contributed by atoms with Gasteiger partial charge in [0.05, 0.1) is 5.56 Å². The molecule has 2 amide bonds. The Bertz CT molecular complexity index is 510. The molecule has 1 saturated heterocycles. The van der Waals surface area contributed by atoms with Crippen LogP contribution in [-0.4, -0.2) is 35.2 Å². The number of carbonyl (C=O) groups is 2. The van der Waals surface area contributed by atoms with E-state index in [4.69, 9.17) is 5.11 Å². The fraction of sp³-hybridized carbons (Fsp3) is 0.429. The first-order valence-corrected chi connectivity index (χ1v) is 6.73. The lowest BCUT2D eigenvalue weighted by atomic mass is 10.1. The first kappa shape index (κ1) is 14.3. The number of carboxylic acid groups (broad SMARTS) is 1. The number of benzene rings is 1. The third-order valence-corrected chi connectivity index (χ3v) is 3.43. The van der Waals surface area contributed by atoms with Crippen LogP contribution in [-0.2, 0) is 0 Å². The van der Waals surface area contributed by atoms with Crippen LogP contribution in [0, 0.1) is 6.92 Å². The van der Waals surface area contributed by atoms with Crippen LogP contribution in [0.2, 0.25) is 0 Å². The molecule has 20 heavy (non-hydrogen) atoms. The summed E-state index contributed by atoms with van der Waals surface area (Å²) < 4.78 is 0. The summed E-state index contributed by atoms with van der Waals surface area (Å²) in [7, 11) is 0. The normalized spacial score (nSPS) is 15.7. The Morgan fingerprint density at radius 2 is 1.90 bits per heavy atom. The highest BCUT2D eigenvalue weighted by atomic mass is 16.4. The van der Waals surface area contributed by atoms with Crippen molar-refractivity contribution in [2.45, 2.75) is 26.2 Å². The lowest BCUT2D eigenvalue weighted by molar-refractivity contribution is 0.0696. The van der Waals surface area contributed by atoms with Gasteiger partial charge in [-0.3, -0.25) is 5.43 Å². The van der Waals surface area contributed by atoms with Crippen LogP contribution in [0.4, 0.5) is 10.5 Å². The highest BCUT2D eigenvalue weighted by Gasteiger charge is 2.15. The number of anilines is 1. The topological polar surface area (TPSA) is 81.7 Å². The summed E-state index contributed by atoms with van der Waals surface area (Å²) in [4.78, 5) is 22.9. The Kier molecular flexibility index (Phi) is 4.57. The van der Waals surface area contributed by atoms with Crippen molar-refractivity contribution in [3.63, 3.8) is 0 Å². The molecule has 1 fully saturated rings. The van der Waals surface area contributed by atoms with E-state index in [1.807, 2.05) is 5.01 Å². The number of carboxylic acids is 1. The molecule has 6 heteroatoms. The predicted octanol–water partition coefficient (Wildman–Crippen LogP) is 2.22. The first-order chi connectivity index (χ1) is 9.58. The Morgan fingerprint density at radius 3 is 2.55 bits per heavy atom. The van der Waals surface area contributed by atoms with Gasteiger partial charge in [0.1, 0.15) is 0 Å². The molecule has 0 saturated carbocycles. The Morgan fingerprint density at radius 1 is 1.20 bits per heavy atom. The molecular formula is C14H19N3O3. The molecule has 0 radical (unpaired) electrons. The van der Waals surface area contributed by atoms with Crippen LogP contribution in [0.5, 0.6) is 0 Å². The van der Waals surface area contributed by atoms with E-state index >= 15 is 0 Å². The molecule has 0 bridgehead atoms. The summed E-state index contributed by atoms with van der Waals surface area (Å²) in [5.74, 6) is -0.998. The molecule has 1 aliphatic heterocycles. The highest BCUT2D eigenvalue weighted by molar-refractivity contribution is 5.95. The number of urea groups is 1. The molecular weight excluding hydrogens is 258 g/mol. The van der Waals surface area contributed by atoms with E-state index in [1.165, 1.54) is 12.5 Å². The number of nitrogens with one attached hydrogen (secondary N) is 2. The number of hydrazine groups is 1. The van der Waals surface area contributed by atoms with Gasteiger partial charge >= 0.3 is 12.0 Å². The molecule has 2 rings (SSSR count). The number of rotatable bonds is 3. The van der Waals surface area contributed by atoms with Gasteiger partial charge in [-0.25, -0.2) is 14.6 Å². The smallest absolute Gasteiger partial charge is 0.336 e. The third kappa shape index (κ3) is 3.48. The van der Waals surface area contributed by atoms with Gasteiger partial charge in [0.25, 0.3) is 0 Å². The van der Waals surface area contributed by atoms with E-state index in [9.17, 15) is 9.59 Å². The molecule has 0 aliphatic carbocycles. The average molecular weight is 277 g/mol. The molecule has 0 aromatic heterocycles. The summed E-state index contributed by atoms with van der Waals surface area (Å²) in [5, 5.41) is 13.6. The molecule has 6 nitrogen and oxygen atoms in total. The number of hydrogen-bond acceptors (Lipinski definition) is 3. The summed E-state index contributed by atoms with van der Waals surface area (Å²) in [6.45, 7) is 3.38. The van der Waals surface area contributed by atoms with Gasteiger partial charge < -0.3 is 10.4 Å². The van der Waals surface area contributed by atoms with Crippen molar-refractivity contribution in [1.82, 2.24) is 10.4 Å². The highest BCUT2D eigenvalue weighted by Crippen LogP contribution is 2.18. The second-order valence-electron chi connectivity index (χ2n) is 4.90. The molecule has 1 aromatic carbocycles. The van der Waals surface area contributed by atoms with Gasteiger partial charge in [-0.1, -0.05) is 12.5 Å². The molecule has 108 valence electrons. The minimum absolute atomic E-state index is 0.195. The molecule has 0 atom stereocenters. The third-order valence-electron chi connectivity index (χ3n) is 3.43. The number of piperidine rings is 1. The zero-order valence-electron chi connectivity index (χ0n) is 11.5. The monoisotopic (exact) mass is 277 g/mol. The van der Waals surface area contributed by atoms with E-state index < -0.39 is 5.97 Å². The minimum Gasteiger partial charge on any atom is -0.478 e. The van der Waals surface area contributed by atoms with Crippen molar-refractivity contribution in [3.8, 4) is 0 Å². The average Bonchev–Trinajstić information content (AvgIpc) is 2.42. The molecule has 0 spiro atoms. The fourth-order valence-corrected chi connectivity index (χ4v) is 2.30. The van der Waals surface area contributed by atoms with E-state index in [-0.39, 0.29) is 11.6 Å². The van der Waals surface area contributed by atoms with Crippen LogP contribution < -0.4 is 10.7 Å². The van der Waals surface area contributed by atoms with Crippen molar-refractivity contribution in [2.75, 3.05) is 18.4 Å². The van der Waals surface area contributed by atoms with Crippen LogP contribution in [0.1, 0.15) is 35.2 Å². The fourth-order valence-electron chi connectivity index (χ4n) is 2.30. The van der Waals surface area contributed by atoms with Crippen LogP contribution >= 0.6 is 0 Å². The number of carbonyl (C=O) groups excluding carboxylic acids is 1. The molecule has 0 unspecified atom stereocenters. The quantitative estimate of drug-likeness (QED) is 0.791. The number of hydrogen-bond donors (Lipinski definition) is 3. The second-order valence-corrected chi connectivity index (χ2v) is 4.90. The van der Waals surface area contributed by atoms with E-state index in [0.29, 0.717) is 11.3 Å². The van der Waals surface area contributed by atoms with Crippen molar-refractivity contribution in [1.29, 1.82) is 0 Å². The maximum Gasteiger partial charge on any atom is 0.336 e. The van der Waals surface area contributed by atoms with Crippen molar-refractivity contribution >= 4 is 17.7 Å². The molecule has 1 aromatic rings. The lowest BCUT2D eigenvalue weighted by Gasteiger charge is -2.27. The Labute approximate surface area is 117 Å². The Balaban J connectivity index is 2.00. The largest absolute Gasteiger partial charge is 0.478 e. The SMILES string of the molecule is Cc1c(NC(=O)NN2CCCCC2)cccc1C(=O)O. The van der Waals surface area contributed by atoms with Gasteiger partial charge in [0.2, 0.25) is 0 Å². The summed E-state index contributed by atoms with van der Waals surface area (Å²) in [6.07, 6.45) is 3.35. The number of amides is 2. The number of nitrogens with zero attached hydrogens (tertiary/aromatic N) is 1. The summed E-state index contributed by atoms with van der Waals surface area (Å²) >= 11 is 0. The molecule has 1 aliphatic rings. The van der Waals surface area contributed by atoms with Gasteiger partial charge in [-0.15, -0.1) is 0 Å². The maximum atomic E-state index is 11.9. The maximum absolute atomic E-state index is 11.9. The first-order valence-electron chi connectivity index (χ1n) is 6.73. The van der Waals surface area contributed by atoms with Gasteiger partial charge in [0, 0.05) is 18.8 Å². The van der Waals surface area contributed by atoms with E-state index in [0.717, 1.165) is 25.9 Å². The van der Waals surface area contributed by atoms with Crippen molar-refractivity contribution in [2.24, 2.45) is 0 Å². The second kappa shape index (κ2) is 6.38. The van der Waals surface area contributed by atoms with Gasteiger partial charge in [-0.05, 0) is 37.5 Å². The van der Waals surface area contributed by atoms with Gasteiger partial charge in [0.15, 0.2) is 0 Å². The standard InChI is InChI=1S/C14H19N3O3/c1-10-11(13(18)19)6-5-7-12(10)15-14(20)16-17-8-3-2-4-9-17/h5-7H,2-4,8-9H2,1H3,(H,18,19)(H2,15,16,20). The zero-order valence-corrected chi connectivity index (χ0v) is 11.5. The molecule has 3 N–H and O–H groups in total. The number of aromatic carboxylic acids is 1. The summed E-state index contributed by atoms with van der Waals surface area (Å²) in [6, 6.07) is 4.49. The van der Waals surface area contributed by atoms with Crippen molar-refractivity contribution in [3.05, 3.63) is 29.3 Å². The van der Waals surface area contributed by atoms with Crippen LogP contribution in [0.15, 0.2) is 18.2 Å². The Hall–Kier alpha value is -2.08.